The largest absolute Gasteiger partial charge is 0.481 e. The van der Waals surface area contributed by atoms with Crippen LogP contribution in [0, 0.1) is 5.92 Å². The summed E-state index contributed by atoms with van der Waals surface area (Å²) in [6.07, 6.45) is 5.54. The highest BCUT2D eigenvalue weighted by atomic mass is 16.4. The van der Waals surface area contributed by atoms with Gasteiger partial charge in [-0.2, -0.15) is 0 Å². The number of rotatable bonds is 10. The zero-order chi connectivity index (χ0) is 13.1. The molecule has 0 aliphatic carbocycles. The topological polar surface area (TPSA) is 66.4 Å². The van der Waals surface area contributed by atoms with Crippen molar-refractivity contribution < 1.29 is 14.7 Å². The Morgan fingerprint density at radius 3 is 2.47 bits per heavy atom. The highest BCUT2D eigenvalue weighted by molar-refractivity contribution is 5.75. The number of hydrogen-bond donors (Lipinski definition) is 2. The molecule has 2 N–H and O–H groups in total. The van der Waals surface area contributed by atoms with Gasteiger partial charge in [0.05, 0.1) is 0 Å². The van der Waals surface area contributed by atoms with Crippen molar-refractivity contribution in [1.29, 1.82) is 0 Å². The first kappa shape index (κ1) is 15.9. The second kappa shape index (κ2) is 10.1. The van der Waals surface area contributed by atoms with E-state index >= 15 is 0 Å². The maximum Gasteiger partial charge on any atom is 0.303 e. The molecular weight excluding hydrogens is 218 g/mol. The van der Waals surface area contributed by atoms with Crippen LogP contribution in [-0.2, 0) is 9.59 Å². The molecule has 17 heavy (non-hydrogen) atoms. The molecule has 0 aromatic rings. The molecule has 1 atom stereocenters. The van der Waals surface area contributed by atoms with Crippen LogP contribution in [0.25, 0.3) is 0 Å². The summed E-state index contributed by atoms with van der Waals surface area (Å²) >= 11 is 0. The van der Waals surface area contributed by atoms with Crippen molar-refractivity contribution in [2.45, 2.75) is 58.8 Å². The molecular formula is C13H25NO3. The second-order valence-corrected chi connectivity index (χ2v) is 4.63. The monoisotopic (exact) mass is 243 g/mol. The van der Waals surface area contributed by atoms with E-state index in [9.17, 15) is 9.59 Å². The van der Waals surface area contributed by atoms with Gasteiger partial charge in [-0.05, 0) is 25.2 Å². The molecule has 0 fully saturated rings. The summed E-state index contributed by atoms with van der Waals surface area (Å²) < 4.78 is 0. The fourth-order valence-electron chi connectivity index (χ4n) is 1.60. The maximum atomic E-state index is 11.4. The van der Waals surface area contributed by atoms with Gasteiger partial charge in [0, 0.05) is 19.4 Å². The van der Waals surface area contributed by atoms with E-state index < -0.39 is 5.97 Å². The fraction of sp³-hybridized carbons (Fsp3) is 0.846. The van der Waals surface area contributed by atoms with E-state index in [1.165, 1.54) is 0 Å². The first-order valence-corrected chi connectivity index (χ1v) is 6.54. The summed E-state index contributed by atoms with van der Waals surface area (Å²) in [6, 6.07) is 0. The number of unbranched alkanes of at least 4 members (excludes halogenated alkanes) is 2. The SMILES string of the molecule is CCCCCC(=O)NCCC(C)CCC(=O)O. The molecule has 0 saturated heterocycles. The molecule has 4 nitrogen and oxygen atoms in total. The lowest BCUT2D eigenvalue weighted by Crippen LogP contribution is -2.25. The number of carbonyl (C=O) groups is 2. The minimum absolute atomic E-state index is 0.115. The number of hydrogen-bond acceptors (Lipinski definition) is 2. The quantitative estimate of drug-likeness (QED) is 0.579. The summed E-state index contributed by atoms with van der Waals surface area (Å²) in [5.41, 5.74) is 0. The summed E-state index contributed by atoms with van der Waals surface area (Å²) in [5.74, 6) is -0.286. The minimum atomic E-state index is -0.750. The molecule has 0 heterocycles. The van der Waals surface area contributed by atoms with Crippen LogP contribution >= 0.6 is 0 Å². The van der Waals surface area contributed by atoms with Gasteiger partial charge in [-0.1, -0.05) is 26.7 Å². The van der Waals surface area contributed by atoms with E-state index in [0.717, 1.165) is 25.7 Å². The van der Waals surface area contributed by atoms with Gasteiger partial charge >= 0.3 is 5.97 Å². The van der Waals surface area contributed by atoms with Gasteiger partial charge in [0.15, 0.2) is 0 Å². The van der Waals surface area contributed by atoms with Crippen LogP contribution in [0.2, 0.25) is 0 Å². The summed E-state index contributed by atoms with van der Waals surface area (Å²) in [6.45, 7) is 4.79. The minimum Gasteiger partial charge on any atom is -0.481 e. The third-order valence-electron chi connectivity index (χ3n) is 2.82. The molecule has 0 spiro atoms. The molecule has 0 rings (SSSR count). The molecule has 0 bridgehead atoms. The Balaban J connectivity index is 3.42. The number of carboxylic acid groups (broad SMARTS) is 1. The smallest absolute Gasteiger partial charge is 0.303 e. The van der Waals surface area contributed by atoms with Gasteiger partial charge in [0.2, 0.25) is 5.91 Å². The molecule has 1 amide bonds. The number of aliphatic carboxylic acids is 1. The van der Waals surface area contributed by atoms with Crippen LogP contribution in [0.4, 0.5) is 0 Å². The van der Waals surface area contributed by atoms with E-state index in [4.69, 9.17) is 5.11 Å². The molecule has 100 valence electrons. The Hall–Kier alpha value is -1.06. The Morgan fingerprint density at radius 2 is 1.88 bits per heavy atom. The summed E-state index contributed by atoms with van der Waals surface area (Å²) in [4.78, 5) is 21.7. The third-order valence-corrected chi connectivity index (χ3v) is 2.82. The molecule has 4 heteroatoms. The van der Waals surface area contributed by atoms with E-state index in [-0.39, 0.29) is 12.3 Å². The van der Waals surface area contributed by atoms with Gasteiger partial charge in [-0.15, -0.1) is 0 Å². The van der Waals surface area contributed by atoms with Gasteiger partial charge < -0.3 is 10.4 Å². The Labute approximate surface area is 104 Å². The standard InChI is InChI=1S/C13H25NO3/c1-3-4-5-6-12(15)14-10-9-11(2)7-8-13(16)17/h11H,3-10H2,1-2H3,(H,14,15)(H,16,17). The summed E-state index contributed by atoms with van der Waals surface area (Å²) in [5, 5.41) is 11.4. The van der Waals surface area contributed by atoms with Gasteiger partial charge in [0.1, 0.15) is 0 Å². The van der Waals surface area contributed by atoms with Crippen LogP contribution in [0.3, 0.4) is 0 Å². The van der Waals surface area contributed by atoms with E-state index in [1.807, 2.05) is 6.92 Å². The van der Waals surface area contributed by atoms with Crippen molar-refractivity contribution in [2.24, 2.45) is 5.92 Å². The summed E-state index contributed by atoms with van der Waals surface area (Å²) in [7, 11) is 0. The molecule has 0 saturated carbocycles. The normalized spacial score (nSPS) is 12.1. The first-order chi connectivity index (χ1) is 8.06. The van der Waals surface area contributed by atoms with Crippen molar-refractivity contribution in [3.05, 3.63) is 0 Å². The van der Waals surface area contributed by atoms with Gasteiger partial charge in [0.25, 0.3) is 0 Å². The molecule has 0 aromatic heterocycles. The van der Waals surface area contributed by atoms with Crippen molar-refractivity contribution >= 4 is 11.9 Å². The van der Waals surface area contributed by atoms with Crippen LogP contribution in [0.1, 0.15) is 58.8 Å². The lowest BCUT2D eigenvalue weighted by Gasteiger charge is -2.10. The van der Waals surface area contributed by atoms with Crippen LogP contribution in [-0.4, -0.2) is 23.5 Å². The average molecular weight is 243 g/mol. The van der Waals surface area contributed by atoms with Crippen LogP contribution in [0.5, 0.6) is 0 Å². The van der Waals surface area contributed by atoms with E-state index in [0.29, 0.717) is 25.3 Å². The number of nitrogens with one attached hydrogen (secondary N) is 1. The average Bonchev–Trinajstić information content (AvgIpc) is 2.27. The molecule has 1 unspecified atom stereocenters. The van der Waals surface area contributed by atoms with Crippen molar-refractivity contribution in [3.8, 4) is 0 Å². The molecule has 0 aliphatic heterocycles. The number of amides is 1. The Bertz CT molecular complexity index is 229. The van der Waals surface area contributed by atoms with Gasteiger partial charge in [-0.3, -0.25) is 9.59 Å². The highest BCUT2D eigenvalue weighted by Crippen LogP contribution is 2.09. The van der Waals surface area contributed by atoms with Crippen molar-refractivity contribution in [1.82, 2.24) is 5.32 Å². The first-order valence-electron chi connectivity index (χ1n) is 6.54. The third kappa shape index (κ3) is 11.2. The molecule has 0 aliphatic rings. The number of carboxylic acids is 1. The van der Waals surface area contributed by atoms with Crippen molar-refractivity contribution in [3.63, 3.8) is 0 Å². The molecule has 0 radical (unpaired) electrons. The van der Waals surface area contributed by atoms with E-state index in [2.05, 4.69) is 12.2 Å². The zero-order valence-corrected chi connectivity index (χ0v) is 11.0. The van der Waals surface area contributed by atoms with Gasteiger partial charge in [-0.25, -0.2) is 0 Å². The Kier molecular flexibility index (Phi) is 9.49. The zero-order valence-electron chi connectivity index (χ0n) is 11.0. The van der Waals surface area contributed by atoms with E-state index in [1.54, 1.807) is 0 Å². The van der Waals surface area contributed by atoms with Crippen LogP contribution in [0.15, 0.2) is 0 Å². The van der Waals surface area contributed by atoms with Crippen LogP contribution < -0.4 is 5.32 Å². The van der Waals surface area contributed by atoms with Crippen molar-refractivity contribution in [2.75, 3.05) is 6.54 Å². The maximum absolute atomic E-state index is 11.4. The predicted octanol–water partition coefficient (Wildman–Crippen LogP) is 2.57. The fourth-order valence-corrected chi connectivity index (χ4v) is 1.60. The lowest BCUT2D eigenvalue weighted by molar-refractivity contribution is -0.137. The molecule has 0 aromatic carbocycles. The number of carbonyl (C=O) groups excluding carboxylic acids is 1. The predicted molar refractivity (Wildman–Crippen MR) is 67.8 cm³/mol. The second-order valence-electron chi connectivity index (χ2n) is 4.63. The Morgan fingerprint density at radius 1 is 1.18 bits per heavy atom. The highest BCUT2D eigenvalue weighted by Gasteiger charge is 2.06. The lowest BCUT2D eigenvalue weighted by atomic mass is 10.0.